The maximum Gasteiger partial charge on any atom is 0.195 e. The SMILES string of the molecule is c1ccc(-c2nc3sccn3c2NC2CCCCC2)nc1. The number of nitrogens with zero attached hydrogens (tertiary/aromatic N) is 3. The van der Waals surface area contributed by atoms with Crippen LogP contribution in [0, 0.1) is 0 Å². The van der Waals surface area contributed by atoms with E-state index in [1.165, 1.54) is 32.1 Å². The van der Waals surface area contributed by atoms with Crippen LogP contribution in [0.2, 0.25) is 0 Å². The fourth-order valence-electron chi connectivity index (χ4n) is 3.05. The molecule has 1 fully saturated rings. The summed E-state index contributed by atoms with van der Waals surface area (Å²) in [5.41, 5.74) is 1.90. The molecule has 21 heavy (non-hydrogen) atoms. The molecule has 3 aromatic heterocycles. The molecule has 4 nitrogen and oxygen atoms in total. The Morgan fingerprint density at radius 1 is 1.19 bits per heavy atom. The highest BCUT2D eigenvalue weighted by atomic mass is 32.1. The number of hydrogen-bond donors (Lipinski definition) is 1. The molecule has 0 amide bonds. The van der Waals surface area contributed by atoms with E-state index >= 15 is 0 Å². The molecular weight excluding hydrogens is 280 g/mol. The lowest BCUT2D eigenvalue weighted by Crippen LogP contribution is -2.23. The average molecular weight is 298 g/mol. The summed E-state index contributed by atoms with van der Waals surface area (Å²) >= 11 is 1.66. The van der Waals surface area contributed by atoms with Crippen molar-refractivity contribution in [2.75, 3.05) is 5.32 Å². The Labute approximate surface area is 127 Å². The van der Waals surface area contributed by atoms with Gasteiger partial charge in [0, 0.05) is 23.8 Å². The van der Waals surface area contributed by atoms with Crippen LogP contribution in [-0.4, -0.2) is 20.4 Å². The molecule has 3 heterocycles. The minimum Gasteiger partial charge on any atom is -0.367 e. The number of imidazole rings is 1. The second kappa shape index (κ2) is 5.48. The van der Waals surface area contributed by atoms with Gasteiger partial charge in [-0.15, -0.1) is 11.3 Å². The zero-order valence-corrected chi connectivity index (χ0v) is 12.6. The minimum absolute atomic E-state index is 0.556. The van der Waals surface area contributed by atoms with Gasteiger partial charge in [-0.1, -0.05) is 25.3 Å². The molecule has 1 saturated carbocycles. The van der Waals surface area contributed by atoms with E-state index in [0.717, 1.165) is 22.2 Å². The van der Waals surface area contributed by atoms with Crippen molar-refractivity contribution in [2.45, 2.75) is 38.1 Å². The summed E-state index contributed by atoms with van der Waals surface area (Å²) < 4.78 is 2.16. The summed E-state index contributed by atoms with van der Waals surface area (Å²) in [5.74, 6) is 1.09. The van der Waals surface area contributed by atoms with E-state index in [0.29, 0.717) is 6.04 Å². The number of pyridine rings is 1. The molecule has 4 rings (SSSR count). The predicted octanol–water partition coefficient (Wildman–Crippen LogP) is 4.20. The lowest BCUT2D eigenvalue weighted by Gasteiger charge is -2.23. The van der Waals surface area contributed by atoms with Gasteiger partial charge in [-0.2, -0.15) is 0 Å². The summed E-state index contributed by atoms with van der Waals surface area (Å²) in [6.07, 6.45) is 10.4. The fourth-order valence-corrected chi connectivity index (χ4v) is 3.76. The standard InChI is InChI=1S/C16H18N4S/c1-2-6-12(7-3-1)18-15-14(13-8-4-5-9-17-13)19-16-20(15)10-11-21-16/h4-5,8-12,18H,1-3,6-7H2. The first-order valence-corrected chi connectivity index (χ1v) is 8.43. The average Bonchev–Trinajstić information content (AvgIpc) is 3.12. The molecule has 5 heteroatoms. The van der Waals surface area contributed by atoms with Gasteiger partial charge < -0.3 is 5.32 Å². The minimum atomic E-state index is 0.556. The van der Waals surface area contributed by atoms with E-state index < -0.39 is 0 Å². The summed E-state index contributed by atoms with van der Waals surface area (Å²) in [6.45, 7) is 0. The smallest absolute Gasteiger partial charge is 0.195 e. The van der Waals surface area contributed by atoms with Gasteiger partial charge in [0.1, 0.15) is 11.5 Å². The quantitative estimate of drug-likeness (QED) is 0.788. The van der Waals surface area contributed by atoms with Crippen molar-refractivity contribution in [1.82, 2.24) is 14.4 Å². The van der Waals surface area contributed by atoms with E-state index in [2.05, 4.69) is 26.3 Å². The van der Waals surface area contributed by atoms with Crippen molar-refractivity contribution in [3.8, 4) is 11.4 Å². The number of rotatable bonds is 3. The second-order valence-electron chi connectivity index (χ2n) is 5.56. The highest BCUT2D eigenvalue weighted by molar-refractivity contribution is 7.15. The maximum absolute atomic E-state index is 4.76. The monoisotopic (exact) mass is 298 g/mol. The van der Waals surface area contributed by atoms with Crippen LogP contribution >= 0.6 is 11.3 Å². The Balaban J connectivity index is 1.75. The van der Waals surface area contributed by atoms with Crippen LogP contribution in [0.1, 0.15) is 32.1 Å². The van der Waals surface area contributed by atoms with Crippen LogP contribution in [0.3, 0.4) is 0 Å². The predicted molar refractivity (Wildman–Crippen MR) is 86.8 cm³/mol. The van der Waals surface area contributed by atoms with Gasteiger partial charge >= 0.3 is 0 Å². The second-order valence-corrected chi connectivity index (χ2v) is 6.43. The van der Waals surface area contributed by atoms with Crippen molar-refractivity contribution < 1.29 is 0 Å². The van der Waals surface area contributed by atoms with E-state index in [1.54, 1.807) is 11.3 Å². The van der Waals surface area contributed by atoms with Crippen LogP contribution in [0.4, 0.5) is 5.82 Å². The van der Waals surface area contributed by atoms with Crippen molar-refractivity contribution in [1.29, 1.82) is 0 Å². The Bertz CT molecular complexity index is 725. The molecular formula is C16H18N4S. The van der Waals surface area contributed by atoms with Crippen LogP contribution in [0.5, 0.6) is 0 Å². The zero-order chi connectivity index (χ0) is 14.1. The van der Waals surface area contributed by atoms with Gasteiger partial charge in [0.25, 0.3) is 0 Å². The highest BCUT2D eigenvalue weighted by Crippen LogP contribution is 2.31. The van der Waals surface area contributed by atoms with Gasteiger partial charge in [0.2, 0.25) is 0 Å². The van der Waals surface area contributed by atoms with Crippen molar-refractivity contribution in [3.05, 3.63) is 36.0 Å². The van der Waals surface area contributed by atoms with Gasteiger partial charge in [-0.3, -0.25) is 9.38 Å². The van der Waals surface area contributed by atoms with E-state index in [9.17, 15) is 0 Å². The number of thiazole rings is 1. The van der Waals surface area contributed by atoms with Crippen molar-refractivity contribution in [2.24, 2.45) is 0 Å². The Kier molecular flexibility index (Phi) is 3.35. The van der Waals surface area contributed by atoms with Crippen LogP contribution in [-0.2, 0) is 0 Å². The lowest BCUT2D eigenvalue weighted by atomic mass is 9.95. The molecule has 0 spiro atoms. The molecule has 0 unspecified atom stereocenters. The number of anilines is 1. The number of hydrogen-bond acceptors (Lipinski definition) is 4. The molecule has 0 aromatic carbocycles. The van der Waals surface area contributed by atoms with Crippen LogP contribution in [0.15, 0.2) is 36.0 Å². The van der Waals surface area contributed by atoms with Gasteiger partial charge in [-0.05, 0) is 25.0 Å². The first-order chi connectivity index (χ1) is 10.4. The van der Waals surface area contributed by atoms with Crippen LogP contribution in [0.25, 0.3) is 16.3 Å². The molecule has 108 valence electrons. The first-order valence-electron chi connectivity index (χ1n) is 7.55. The van der Waals surface area contributed by atoms with Crippen molar-refractivity contribution in [3.63, 3.8) is 0 Å². The number of nitrogens with one attached hydrogen (secondary N) is 1. The van der Waals surface area contributed by atoms with E-state index in [1.807, 2.05) is 24.4 Å². The lowest BCUT2D eigenvalue weighted by molar-refractivity contribution is 0.462. The molecule has 0 bridgehead atoms. The highest BCUT2D eigenvalue weighted by Gasteiger charge is 2.20. The third kappa shape index (κ3) is 2.42. The fraction of sp³-hybridized carbons (Fsp3) is 0.375. The normalized spacial score (nSPS) is 16.4. The summed E-state index contributed by atoms with van der Waals surface area (Å²) in [4.78, 5) is 10.3. The van der Waals surface area contributed by atoms with Crippen LogP contribution < -0.4 is 5.32 Å². The topological polar surface area (TPSA) is 42.2 Å². The Morgan fingerprint density at radius 2 is 2.10 bits per heavy atom. The summed E-state index contributed by atoms with van der Waals surface area (Å²) in [7, 11) is 0. The molecule has 0 atom stereocenters. The molecule has 0 radical (unpaired) electrons. The summed E-state index contributed by atoms with van der Waals surface area (Å²) in [6, 6.07) is 6.54. The van der Waals surface area contributed by atoms with Gasteiger partial charge in [-0.25, -0.2) is 4.98 Å². The van der Waals surface area contributed by atoms with Crippen molar-refractivity contribution >= 4 is 22.1 Å². The first kappa shape index (κ1) is 12.8. The van der Waals surface area contributed by atoms with Gasteiger partial charge in [0.15, 0.2) is 4.96 Å². The van der Waals surface area contributed by atoms with Gasteiger partial charge in [0.05, 0.1) is 5.69 Å². The number of aromatic nitrogens is 3. The molecule has 1 aliphatic rings. The zero-order valence-electron chi connectivity index (χ0n) is 11.8. The Hall–Kier alpha value is -1.88. The summed E-state index contributed by atoms with van der Waals surface area (Å²) in [5, 5.41) is 5.80. The Morgan fingerprint density at radius 3 is 2.90 bits per heavy atom. The molecule has 0 saturated heterocycles. The maximum atomic E-state index is 4.76. The molecule has 1 N–H and O–H groups in total. The molecule has 0 aliphatic heterocycles. The van der Waals surface area contributed by atoms with E-state index in [4.69, 9.17) is 4.98 Å². The molecule has 1 aliphatic carbocycles. The third-order valence-corrected chi connectivity index (χ3v) is 4.87. The largest absolute Gasteiger partial charge is 0.367 e. The number of fused-ring (bicyclic) bond motifs is 1. The third-order valence-electron chi connectivity index (χ3n) is 4.12. The molecule has 3 aromatic rings. The van der Waals surface area contributed by atoms with E-state index in [-0.39, 0.29) is 0 Å².